The van der Waals surface area contributed by atoms with Crippen molar-refractivity contribution in [2.45, 2.75) is 4.34 Å². The van der Waals surface area contributed by atoms with Crippen LogP contribution in [0.25, 0.3) is 10.2 Å². The molecule has 6 nitrogen and oxygen atoms in total. The zero-order valence-corrected chi connectivity index (χ0v) is 14.5. The third kappa shape index (κ3) is 4.43. The number of hydrogen-bond donors (Lipinski definition) is 1. The number of aromatic carboxylic acids is 1. The number of aromatic nitrogens is 1. The molecule has 0 unspecified atom stereocenters. The molecule has 126 valence electrons. The van der Waals surface area contributed by atoms with Crippen molar-refractivity contribution >= 4 is 51.4 Å². The van der Waals surface area contributed by atoms with E-state index in [0.717, 1.165) is 14.6 Å². The number of carbonyl (C=O) groups excluding carboxylic acids is 2. The van der Waals surface area contributed by atoms with Gasteiger partial charge in [0.15, 0.2) is 4.34 Å². The Morgan fingerprint density at radius 1 is 1.20 bits per heavy atom. The summed E-state index contributed by atoms with van der Waals surface area (Å²) >= 11 is 2.85. The Bertz CT molecular complexity index is 920. The van der Waals surface area contributed by atoms with E-state index in [1.54, 1.807) is 18.2 Å². The van der Waals surface area contributed by atoms with E-state index in [0.29, 0.717) is 5.56 Å². The first-order valence-electron chi connectivity index (χ1n) is 7.24. The fourth-order valence-corrected chi connectivity index (χ4v) is 3.90. The minimum atomic E-state index is -1.29. The number of benzene rings is 2. The van der Waals surface area contributed by atoms with Gasteiger partial charge in [0.1, 0.15) is 0 Å². The van der Waals surface area contributed by atoms with Crippen molar-refractivity contribution in [3.8, 4) is 0 Å². The van der Waals surface area contributed by atoms with Crippen LogP contribution in [0.1, 0.15) is 15.9 Å². The van der Waals surface area contributed by atoms with E-state index in [2.05, 4.69) is 15.5 Å². The van der Waals surface area contributed by atoms with Gasteiger partial charge in [0.05, 0.1) is 28.2 Å². The van der Waals surface area contributed by atoms with Crippen LogP contribution in [0.5, 0.6) is 0 Å². The Hall–Kier alpha value is -2.71. The molecule has 3 aromatic rings. The molecule has 0 saturated heterocycles. The first-order chi connectivity index (χ1) is 12.1. The fraction of sp³-hybridized carbons (Fsp3) is 0.0588. The summed E-state index contributed by atoms with van der Waals surface area (Å²) in [6, 6.07) is 14.0. The van der Waals surface area contributed by atoms with E-state index >= 15 is 0 Å². The summed E-state index contributed by atoms with van der Waals surface area (Å²) in [5.74, 6) is -1.43. The summed E-state index contributed by atoms with van der Waals surface area (Å²) in [6.07, 6.45) is 1.28. The van der Waals surface area contributed by atoms with Crippen LogP contribution >= 0.6 is 23.1 Å². The zero-order valence-electron chi connectivity index (χ0n) is 12.8. The summed E-state index contributed by atoms with van der Waals surface area (Å²) in [5, 5.41) is 14.8. The number of rotatable bonds is 6. The Morgan fingerprint density at radius 2 is 1.96 bits per heavy atom. The third-order valence-corrected chi connectivity index (χ3v) is 5.35. The van der Waals surface area contributed by atoms with Crippen molar-refractivity contribution in [3.63, 3.8) is 0 Å². The lowest BCUT2D eigenvalue weighted by Gasteiger charge is -2.05. The van der Waals surface area contributed by atoms with Crippen molar-refractivity contribution in [1.29, 1.82) is 0 Å². The smallest absolute Gasteiger partial charge is 0.250 e. The highest BCUT2D eigenvalue weighted by molar-refractivity contribution is 8.01. The van der Waals surface area contributed by atoms with Gasteiger partial charge in [-0.2, -0.15) is 5.10 Å². The maximum absolute atomic E-state index is 11.8. The van der Waals surface area contributed by atoms with Gasteiger partial charge < -0.3 is 9.90 Å². The molecule has 1 N–H and O–H groups in total. The Kier molecular flexibility index (Phi) is 5.42. The molecule has 0 spiro atoms. The van der Waals surface area contributed by atoms with Crippen molar-refractivity contribution in [1.82, 2.24) is 10.4 Å². The van der Waals surface area contributed by atoms with Gasteiger partial charge in [-0.25, -0.2) is 10.4 Å². The molecule has 0 aliphatic heterocycles. The summed E-state index contributed by atoms with van der Waals surface area (Å²) in [6.45, 7) is 0. The molecule has 8 heteroatoms. The predicted molar refractivity (Wildman–Crippen MR) is 96.9 cm³/mol. The minimum absolute atomic E-state index is 0.0179. The molecule has 25 heavy (non-hydrogen) atoms. The molecule has 0 aliphatic carbocycles. The van der Waals surface area contributed by atoms with E-state index in [1.165, 1.54) is 35.4 Å². The van der Waals surface area contributed by atoms with E-state index in [-0.39, 0.29) is 17.2 Å². The lowest BCUT2D eigenvalue weighted by atomic mass is 10.1. The number of carbonyl (C=O) groups is 2. The summed E-state index contributed by atoms with van der Waals surface area (Å²) in [5.41, 5.74) is 3.66. The first-order valence-corrected chi connectivity index (χ1v) is 9.04. The van der Waals surface area contributed by atoms with Crippen LogP contribution in [0.15, 0.2) is 58.0 Å². The van der Waals surface area contributed by atoms with E-state index in [1.807, 2.05) is 24.3 Å². The van der Waals surface area contributed by atoms with Crippen molar-refractivity contribution < 1.29 is 14.7 Å². The monoisotopic (exact) mass is 370 g/mol. The highest BCUT2D eigenvalue weighted by Crippen LogP contribution is 2.28. The van der Waals surface area contributed by atoms with E-state index in [4.69, 9.17) is 0 Å². The molecule has 0 fully saturated rings. The number of thioether (sulfide) groups is 1. The molecule has 0 radical (unpaired) electrons. The van der Waals surface area contributed by atoms with Crippen LogP contribution in [0.3, 0.4) is 0 Å². The summed E-state index contributed by atoms with van der Waals surface area (Å²) < 4.78 is 1.88. The van der Waals surface area contributed by atoms with Crippen LogP contribution in [-0.2, 0) is 4.79 Å². The number of amides is 1. The summed E-state index contributed by atoms with van der Waals surface area (Å²) in [4.78, 5) is 27.3. The number of nitrogens with one attached hydrogen (secondary N) is 1. The molecule has 2 aromatic carbocycles. The van der Waals surface area contributed by atoms with Crippen LogP contribution in [-0.4, -0.2) is 28.8 Å². The van der Waals surface area contributed by atoms with E-state index < -0.39 is 5.97 Å². The fourth-order valence-electron chi connectivity index (χ4n) is 2.04. The van der Waals surface area contributed by atoms with Crippen LogP contribution in [0.2, 0.25) is 0 Å². The minimum Gasteiger partial charge on any atom is -0.545 e. The number of nitrogens with zero attached hydrogens (tertiary/aromatic N) is 2. The second-order valence-corrected chi connectivity index (χ2v) is 7.16. The number of para-hydroxylation sites is 1. The molecular formula is C17H12N3O3S2-. The Morgan fingerprint density at radius 3 is 2.76 bits per heavy atom. The number of carboxylic acids is 1. The molecule has 0 bridgehead atoms. The number of hydrogen-bond acceptors (Lipinski definition) is 7. The second kappa shape index (κ2) is 7.91. The van der Waals surface area contributed by atoms with Gasteiger partial charge in [-0.05, 0) is 12.1 Å². The predicted octanol–water partition coefficient (Wildman–Crippen LogP) is 1.90. The van der Waals surface area contributed by atoms with Gasteiger partial charge in [-0.3, -0.25) is 4.79 Å². The van der Waals surface area contributed by atoms with Gasteiger partial charge in [-0.1, -0.05) is 48.2 Å². The number of thiazole rings is 1. The number of hydrazone groups is 1. The van der Waals surface area contributed by atoms with Gasteiger partial charge in [0, 0.05) is 11.1 Å². The maximum Gasteiger partial charge on any atom is 0.250 e. The standard InChI is InChI=1S/C17H13N3O3S2/c21-15(10-24-17-19-13-7-3-4-8-14(13)25-17)20-18-9-11-5-1-2-6-12(11)16(22)23/h1-9H,10H2,(H,20,21)(H,22,23)/p-1/b18-9-. The van der Waals surface area contributed by atoms with Crippen molar-refractivity contribution in [2.24, 2.45) is 5.10 Å². The number of fused-ring (bicyclic) bond motifs is 1. The van der Waals surface area contributed by atoms with Crippen molar-refractivity contribution in [3.05, 3.63) is 59.7 Å². The van der Waals surface area contributed by atoms with Gasteiger partial charge >= 0.3 is 0 Å². The second-order valence-electron chi connectivity index (χ2n) is 4.90. The lowest BCUT2D eigenvalue weighted by molar-refractivity contribution is -0.255. The normalized spacial score (nSPS) is 11.0. The zero-order chi connectivity index (χ0) is 17.6. The highest BCUT2D eigenvalue weighted by Gasteiger charge is 2.07. The lowest BCUT2D eigenvalue weighted by Crippen LogP contribution is -2.24. The highest BCUT2D eigenvalue weighted by atomic mass is 32.2. The van der Waals surface area contributed by atoms with E-state index in [9.17, 15) is 14.7 Å². The van der Waals surface area contributed by atoms with Crippen LogP contribution < -0.4 is 10.5 Å². The largest absolute Gasteiger partial charge is 0.545 e. The quantitative estimate of drug-likeness (QED) is 0.406. The molecule has 3 rings (SSSR count). The molecule has 1 aromatic heterocycles. The topological polar surface area (TPSA) is 94.5 Å². The molecule has 0 atom stereocenters. The Balaban J connectivity index is 1.55. The van der Waals surface area contributed by atoms with Crippen LogP contribution in [0.4, 0.5) is 0 Å². The molecule has 0 aliphatic rings. The van der Waals surface area contributed by atoms with Gasteiger partial charge in [0.2, 0.25) is 0 Å². The van der Waals surface area contributed by atoms with Gasteiger partial charge in [-0.15, -0.1) is 11.3 Å². The number of carboxylic acid groups (broad SMARTS) is 1. The maximum atomic E-state index is 11.8. The SMILES string of the molecule is O=C(CSc1nc2ccccc2s1)N/N=C\c1ccccc1C(=O)[O-]. The average molecular weight is 370 g/mol. The first kappa shape index (κ1) is 17.1. The molecule has 1 amide bonds. The molecule has 1 heterocycles. The summed E-state index contributed by atoms with van der Waals surface area (Å²) in [7, 11) is 0. The Labute approximate surface area is 151 Å². The third-order valence-electron chi connectivity index (χ3n) is 3.17. The van der Waals surface area contributed by atoms with Crippen molar-refractivity contribution in [2.75, 3.05) is 5.75 Å². The molecular weight excluding hydrogens is 358 g/mol. The van der Waals surface area contributed by atoms with Crippen LogP contribution in [0, 0.1) is 0 Å². The average Bonchev–Trinajstić information content (AvgIpc) is 3.03. The molecule has 0 saturated carbocycles. The van der Waals surface area contributed by atoms with Gasteiger partial charge in [0.25, 0.3) is 5.91 Å².